The number of rotatable bonds is 10. The van der Waals surface area contributed by atoms with Gasteiger partial charge in [-0.05, 0) is 45.6 Å². The van der Waals surface area contributed by atoms with Crippen LogP contribution in [-0.2, 0) is 33.3 Å². The molecular weight excluding hydrogens is 494 g/mol. The lowest BCUT2D eigenvalue weighted by Crippen LogP contribution is -2.50. The summed E-state index contributed by atoms with van der Waals surface area (Å²) in [5.74, 6) is -3.30. The lowest BCUT2D eigenvalue weighted by atomic mass is 9.87. The van der Waals surface area contributed by atoms with Crippen molar-refractivity contribution in [3.05, 3.63) is 36.0 Å². The molecule has 1 spiro atoms. The van der Waals surface area contributed by atoms with E-state index in [-0.39, 0.29) is 36.5 Å². The van der Waals surface area contributed by atoms with Crippen LogP contribution < -0.4 is 5.32 Å². The van der Waals surface area contributed by atoms with Crippen molar-refractivity contribution in [2.24, 2.45) is 5.92 Å². The summed E-state index contributed by atoms with van der Waals surface area (Å²) in [4.78, 5) is 34.5. The number of amides is 1. The maximum atomic E-state index is 12.3. The third kappa shape index (κ3) is 9.04. The number of nitrogens with one attached hydrogen (secondary N) is 1. The Morgan fingerprint density at radius 3 is 2.55 bits per heavy atom. The Kier molecular flexibility index (Phi) is 9.91. The normalized spacial score (nSPS) is 36.4. The minimum Gasteiger partial charge on any atom is -0.481 e. The number of aliphatic hydroxyl groups is 1. The Morgan fingerprint density at radius 2 is 1.92 bits per heavy atom. The van der Waals surface area contributed by atoms with Gasteiger partial charge in [0.15, 0.2) is 5.79 Å². The highest BCUT2D eigenvalue weighted by Gasteiger charge is 2.57. The number of carboxylic acids is 1. The van der Waals surface area contributed by atoms with Crippen LogP contribution in [0.5, 0.6) is 0 Å². The first-order valence-corrected chi connectivity index (χ1v) is 13.2. The maximum Gasteiger partial charge on any atom is 0.308 e. The summed E-state index contributed by atoms with van der Waals surface area (Å²) in [5, 5.41) is 22.8. The van der Waals surface area contributed by atoms with E-state index in [9.17, 15) is 19.5 Å². The molecule has 3 N–H and O–H groups in total. The third-order valence-electron chi connectivity index (χ3n) is 7.18. The number of epoxide rings is 1. The SMILES string of the molecule is CC(=O)OC(C)C=CC(=O)NC1CC(C)C(CC=C(C)C=CC2CC3(CO3)CC(O)(CC(=O)O)O2)OC1C. The number of carboxylic acid groups (broad SMARTS) is 1. The second-order valence-electron chi connectivity index (χ2n) is 10.9. The molecule has 0 radical (unpaired) electrons. The van der Waals surface area contributed by atoms with Crippen LogP contribution in [-0.4, -0.2) is 76.5 Å². The summed E-state index contributed by atoms with van der Waals surface area (Å²) in [6, 6.07) is -0.127. The predicted molar refractivity (Wildman–Crippen MR) is 138 cm³/mol. The number of carbonyl (C=O) groups is 3. The van der Waals surface area contributed by atoms with Gasteiger partial charge in [-0.1, -0.05) is 30.7 Å². The molecule has 3 rings (SSSR count). The van der Waals surface area contributed by atoms with Gasteiger partial charge < -0.3 is 34.5 Å². The van der Waals surface area contributed by atoms with Crippen molar-refractivity contribution in [3.8, 4) is 0 Å². The van der Waals surface area contributed by atoms with Crippen LogP contribution in [0.25, 0.3) is 0 Å². The molecule has 3 fully saturated rings. The first kappa shape index (κ1) is 30.0. The van der Waals surface area contributed by atoms with E-state index in [4.69, 9.17) is 24.1 Å². The Balaban J connectivity index is 1.49. The predicted octanol–water partition coefficient (Wildman–Crippen LogP) is 2.80. The molecule has 3 saturated heterocycles. The van der Waals surface area contributed by atoms with Gasteiger partial charge in [-0.3, -0.25) is 14.4 Å². The van der Waals surface area contributed by atoms with Crippen molar-refractivity contribution in [2.75, 3.05) is 6.61 Å². The zero-order chi connectivity index (χ0) is 28.1. The molecule has 10 heteroatoms. The first-order chi connectivity index (χ1) is 17.8. The van der Waals surface area contributed by atoms with Crippen LogP contribution in [0.1, 0.15) is 66.7 Å². The lowest BCUT2D eigenvalue weighted by Gasteiger charge is -2.39. The van der Waals surface area contributed by atoms with Gasteiger partial charge in [-0.25, -0.2) is 0 Å². The van der Waals surface area contributed by atoms with Gasteiger partial charge in [0, 0.05) is 25.8 Å². The summed E-state index contributed by atoms with van der Waals surface area (Å²) in [6.45, 7) is 9.52. The quantitative estimate of drug-likeness (QED) is 0.166. The monoisotopic (exact) mass is 535 g/mol. The molecule has 8 atom stereocenters. The van der Waals surface area contributed by atoms with E-state index in [1.807, 2.05) is 26.0 Å². The minimum atomic E-state index is -1.74. The molecule has 0 aromatic rings. The zero-order valence-corrected chi connectivity index (χ0v) is 22.8. The fraction of sp³-hybridized carbons (Fsp3) is 0.679. The number of allylic oxidation sites excluding steroid dienone is 2. The van der Waals surface area contributed by atoms with Crippen molar-refractivity contribution in [3.63, 3.8) is 0 Å². The number of hydrogen-bond donors (Lipinski definition) is 3. The van der Waals surface area contributed by atoms with E-state index in [1.165, 1.54) is 13.0 Å². The van der Waals surface area contributed by atoms with Gasteiger partial charge in [-0.2, -0.15) is 0 Å². The largest absolute Gasteiger partial charge is 0.481 e. The van der Waals surface area contributed by atoms with Gasteiger partial charge in [0.1, 0.15) is 6.10 Å². The molecule has 3 aliphatic heterocycles. The van der Waals surface area contributed by atoms with E-state index in [2.05, 4.69) is 18.3 Å². The average Bonchev–Trinajstić information content (AvgIpc) is 3.53. The standard InChI is InChI=1S/C28H41NO9/c1-17(6-9-22-13-27(16-35-27)15-28(34,38-22)14-26(32)33)7-10-24-18(2)12-23(20(4)37-24)29-25(31)11-8-19(3)36-21(5)30/h6-9,11,18-20,22-24,34H,10,12-16H2,1-5H3,(H,29,31)(H,32,33). The van der Waals surface area contributed by atoms with Gasteiger partial charge >= 0.3 is 11.9 Å². The Labute approximate surface area is 224 Å². The molecule has 0 aromatic carbocycles. The molecule has 3 aliphatic rings. The van der Waals surface area contributed by atoms with Crippen molar-refractivity contribution < 1.29 is 43.5 Å². The Bertz CT molecular complexity index is 969. The van der Waals surface area contributed by atoms with Gasteiger partial charge in [0.05, 0.1) is 43.0 Å². The van der Waals surface area contributed by atoms with Crippen molar-refractivity contribution in [2.45, 2.75) is 109 Å². The zero-order valence-electron chi connectivity index (χ0n) is 22.8. The van der Waals surface area contributed by atoms with E-state index in [1.54, 1.807) is 13.0 Å². The molecule has 8 unspecified atom stereocenters. The summed E-state index contributed by atoms with van der Waals surface area (Å²) >= 11 is 0. The molecule has 10 nitrogen and oxygen atoms in total. The smallest absolute Gasteiger partial charge is 0.308 e. The van der Waals surface area contributed by atoms with E-state index in [0.29, 0.717) is 19.4 Å². The van der Waals surface area contributed by atoms with Gasteiger partial charge in [0.25, 0.3) is 0 Å². The van der Waals surface area contributed by atoms with E-state index < -0.39 is 42.0 Å². The average molecular weight is 536 g/mol. The topological polar surface area (TPSA) is 144 Å². The summed E-state index contributed by atoms with van der Waals surface area (Å²) in [7, 11) is 0. The van der Waals surface area contributed by atoms with Crippen LogP contribution in [0.2, 0.25) is 0 Å². The molecule has 1 amide bonds. The fourth-order valence-corrected chi connectivity index (χ4v) is 5.17. The van der Waals surface area contributed by atoms with Crippen molar-refractivity contribution in [1.82, 2.24) is 5.32 Å². The van der Waals surface area contributed by atoms with Crippen LogP contribution in [0.3, 0.4) is 0 Å². The van der Waals surface area contributed by atoms with E-state index in [0.717, 1.165) is 12.0 Å². The highest BCUT2D eigenvalue weighted by atomic mass is 16.7. The second-order valence-corrected chi connectivity index (χ2v) is 10.9. The van der Waals surface area contributed by atoms with Crippen molar-refractivity contribution >= 4 is 17.8 Å². The summed E-state index contributed by atoms with van der Waals surface area (Å²) in [6.07, 6.45) is 9.38. The molecule has 3 heterocycles. The number of esters is 1. The van der Waals surface area contributed by atoms with Crippen molar-refractivity contribution in [1.29, 1.82) is 0 Å². The Morgan fingerprint density at radius 1 is 1.21 bits per heavy atom. The van der Waals surface area contributed by atoms with Crippen LogP contribution >= 0.6 is 0 Å². The molecule has 0 aliphatic carbocycles. The fourth-order valence-electron chi connectivity index (χ4n) is 5.17. The van der Waals surface area contributed by atoms with Crippen LogP contribution in [0.4, 0.5) is 0 Å². The number of aliphatic carboxylic acids is 1. The highest BCUT2D eigenvalue weighted by molar-refractivity contribution is 5.87. The first-order valence-electron chi connectivity index (χ1n) is 13.2. The van der Waals surface area contributed by atoms with E-state index >= 15 is 0 Å². The molecule has 0 aromatic heterocycles. The Hall–Kier alpha value is -2.53. The van der Waals surface area contributed by atoms with Gasteiger partial charge in [0.2, 0.25) is 5.91 Å². The maximum absolute atomic E-state index is 12.3. The van der Waals surface area contributed by atoms with Gasteiger partial charge in [-0.15, -0.1) is 0 Å². The number of carbonyl (C=O) groups excluding carboxylic acids is 2. The third-order valence-corrected chi connectivity index (χ3v) is 7.18. The lowest BCUT2D eigenvalue weighted by molar-refractivity contribution is -0.259. The number of ether oxygens (including phenoxy) is 4. The summed E-state index contributed by atoms with van der Waals surface area (Å²) < 4.78 is 22.5. The van der Waals surface area contributed by atoms with Crippen LogP contribution in [0, 0.1) is 5.92 Å². The summed E-state index contributed by atoms with van der Waals surface area (Å²) in [5.41, 5.74) is 0.497. The second kappa shape index (κ2) is 12.5. The molecule has 38 heavy (non-hydrogen) atoms. The van der Waals surface area contributed by atoms with Crippen LogP contribution in [0.15, 0.2) is 36.0 Å². The highest BCUT2D eigenvalue weighted by Crippen LogP contribution is 2.46. The molecule has 0 bridgehead atoms. The minimum absolute atomic E-state index is 0.00393. The molecule has 0 saturated carbocycles. The number of hydrogen-bond acceptors (Lipinski definition) is 8. The molecular formula is C28H41NO9. The molecule has 212 valence electrons.